The molecule has 2 fully saturated rings. The molecule has 0 aromatic heterocycles. The third-order valence-corrected chi connectivity index (χ3v) is 6.61. The number of thioether (sulfide) groups is 1. The van der Waals surface area contributed by atoms with E-state index in [-0.39, 0.29) is 17.9 Å². The van der Waals surface area contributed by atoms with Gasteiger partial charge in [0, 0.05) is 5.75 Å². The van der Waals surface area contributed by atoms with Crippen molar-refractivity contribution >= 4 is 35.5 Å². The second-order valence-electron chi connectivity index (χ2n) is 6.77. The second-order valence-corrected chi connectivity index (χ2v) is 7.98. The molecule has 0 radical (unpaired) electrons. The largest absolute Gasteiger partial charge is 0.464 e. The number of benzene rings is 1. The Morgan fingerprint density at radius 2 is 1.81 bits per heavy atom. The van der Waals surface area contributed by atoms with E-state index in [0.29, 0.717) is 29.7 Å². The Morgan fingerprint density at radius 1 is 1.15 bits per heavy atom. The minimum absolute atomic E-state index is 0.118. The molecule has 4 rings (SSSR count). The molecule has 0 N–H and O–H groups in total. The van der Waals surface area contributed by atoms with Crippen LogP contribution in [0.2, 0.25) is 0 Å². The number of carbonyl (C=O) groups is 4. The predicted octanol–water partition coefficient (Wildman–Crippen LogP) is 1.67. The van der Waals surface area contributed by atoms with Crippen LogP contribution in [-0.4, -0.2) is 63.3 Å². The van der Waals surface area contributed by atoms with Gasteiger partial charge in [0.2, 0.25) is 5.91 Å². The van der Waals surface area contributed by atoms with Crippen LogP contribution < -0.4 is 0 Å². The summed E-state index contributed by atoms with van der Waals surface area (Å²) in [5, 5.41) is -0.118. The van der Waals surface area contributed by atoms with Crippen molar-refractivity contribution in [2.24, 2.45) is 0 Å². The summed E-state index contributed by atoms with van der Waals surface area (Å²) in [4.78, 5) is 53.9. The number of ether oxygens (including phenoxy) is 1. The van der Waals surface area contributed by atoms with Crippen molar-refractivity contribution in [1.82, 2.24) is 9.80 Å². The molecule has 3 heterocycles. The second kappa shape index (κ2) is 6.99. The van der Waals surface area contributed by atoms with Crippen LogP contribution in [0.5, 0.6) is 0 Å². The van der Waals surface area contributed by atoms with Gasteiger partial charge in [0.1, 0.15) is 12.1 Å². The average molecular weight is 388 g/mol. The van der Waals surface area contributed by atoms with Crippen LogP contribution in [0.4, 0.5) is 0 Å². The van der Waals surface area contributed by atoms with Gasteiger partial charge in [-0.25, -0.2) is 4.79 Å². The van der Waals surface area contributed by atoms with Crippen molar-refractivity contribution in [3.05, 3.63) is 35.4 Å². The molecule has 0 unspecified atom stereocenters. The lowest BCUT2D eigenvalue weighted by Crippen LogP contribution is -2.54. The Morgan fingerprint density at radius 3 is 2.44 bits per heavy atom. The summed E-state index contributed by atoms with van der Waals surface area (Å²) in [6, 6.07) is 5.07. The van der Waals surface area contributed by atoms with Crippen LogP contribution in [0.1, 0.15) is 46.9 Å². The van der Waals surface area contributed by atoms with Crippen LogP contribution >= 0.6 is 11.8 Å². The zero-order valence-electron chi connectivity index (χ0n) is 14.9. The highest BCUT2D eigenvalue weighted by atomic mass is 32.2. The number of imide groups is 1. The van der Waals surface area contributed by atoms with Crippen LogP contribution in [0.15, 0.2) is 24.3 Å². The standard InChI is InChI=1S/C19H20N2O5S/c1-2-26-19(25)14-10-27-15-9-5-8-13(18(24)20(14)15)21-16(22)11-6-3-4-7-12(11)17(21)23/h3-4,6-7,13-15H,2,5,8-10H2,1H3/t13-,14-,15+/m1/s1. The number of carbonyl (C=O) groups excluding carboxylic acids is 4. The molecule has 8 heteroatoms. The van der Waals surface area contributed by atoms with Crippen molar-refractivity contribution in [3.63, 3.8) is 0 Å². The predicted molar refractivity (Wildman–Crippen MR) is 98.1 cm³/mol. The smallest absolute Gasteiger partial charge is 0.329 e. The molecule has 3 aliphatic heterocycles. The van der Waals surface area contributed by atoms with Crippen LogP contribution in [-0.2, 0) is 14.3 Å². The summed E-state index contributed by atoms with van der Waals surface area (Å²) in [5.74, 6) is -1.16. The van der Waals surface area contributed by atoms with Crippen molar-refractivity contribution in [3.8, 4) is 0 Å². The number of hydrogen-bond donors (Lipinski definition) is 0. The average Bonchev–Trinajstić information content (AvgIpc) is 3.14. The van der Waals surface area contributed by atoms with E-state index in [1.807, 2.05) is 0 Å². The molecule has 0 bridgehead atoms. The lowest BCUT2D eigenvalue weighted by molar-refractivity contribution is -0.154. The molecule has 3 atom stereocenters. The fourth-order valence-corrected chi connectivity index (χ4v) is 5.46. The first-order valence-electron chi connectivity index (χ1n) is 9.12. The summed E-state index contributed by atoms with van der Waals surface area (Å²) < 4.78 is 5.12. The Kier molecular flexibility index (Phi) is 4.67. The van der Waals surface area contributed by atoms with E-state index in [1.54, 1.807) is 47.9 Å². The van der Waals surface area contributed by atoms with Gasteiger partial charge in [-0.2, -0.15) is 0 Å². The molecule has 1 aromatic carbocycles. The normalized spacial score (nSPS) is 27.4. The fourth-order valence-electron chi connectivity index (χ4n) is 4.01. The number of fused-ring (bicyclic) bond motifs is 2. The van der Waals surface area contributed by atoms with E-state index >= 15 is 0 Å². The zero-order valence-corrected chi connectivity index (χ0v) is 15.7. The summed E-state index contributed by atoms with van der Waals surface area (Å²) >= 11 is 1.56. The summed E-state index contributed by atoms with van der Waals surface area (Å²) in [5.41, 5.74) is 0.655. The first kappa shape index (κ1) is 18.0. The highest BCUT2D eigenvalue weighted by molar-refractivity contribution is 8.00. The maximum atomic E-state index is 13.3. The number of rotatable bonds is 3. The molecule has 0 saturated carbocycles. The van der Waals surface area contributed by atoms with E-state index in [9.17, 15) is 19.2 Å². The number of amides is 3. The third kappa shape index (κ3) is 2.82. The van der Waals surface area contributed by atoms with Crippen molar-refractivity contribution < 1.29 is 23.9 Å². The van der Waals surface area contributed by atoms with Crippen LogP contribution in [0.25, 0.3) is 0 Å². The molecule has 27 heavy (non-hydrogen) atoms. The van der Waals surface area contributed by atoms with E-state index in [0.717, 1.165) is 11.3 Å². The third-order valence-electron chi connectivity index (χ3n) is 5.26. The molecule has 3 aliphatic rings. The lowest BCUT2D eigenvalue weighted by Gasteiger charge is -2.31. The maximum Gasteiger partial charge on any atom is 0.329 e. The Labute approximate surface area is 161 Å². The molecular weight excluding hydrogens is 368 g/mol. The van der Waals surface area contributed by atoms with Gasteiger partial charge in [-0.05, 0) is 38.3 Å². The maximum absolute atomic E-state index is 13.3. The quantitative estimate of drug-likeness (QED) is 0.579. The van der Waals surface area contributed by atoms with Crippen LogP contribution in [0, 0.1) is 0 Å². The van der Waals surface area contributed by atoms with Gasteiger partial charge in [-0.15, -0.1) is 11.8 Å². The monoisotopic (exact) mass is 388 g/mol. The van der Waals surface area contributed by atoms with Crippen molar-refractivity contribution in [1.29, 1.82) is 0 Å². The Bertz CT molecular complexity index is 791. The Balaban J connectivity index is 1.65. The van der Waals surface area contributed by atoms with Gasteiger partial charge in [0.05, 0.1) is 23.1 Å². The van der Waals surface area contributed by atoms with E-state index < -0.39 is 29.9 Å². The van der Waals surface area contributed by atoms with Gasteiger partial charge < -0.3 is 9.64 Å². The van der Waals surface area contributed by atoms with Gasteiger partial charge in [0.15, 0.2) is 0 Å². The van der Waals surface area contributed by atoms with E-state index in [4.69, 9.17) is 4.74 Å². The molecule has 142 valence electrons. The number of hydrogen-bond acceptors (Lipinski definition) is 6. The van der Waals surface area contributed by atoms with Crippen LogP contribution in [0.3, 0.4) is 0 Å². The molecule has 0 spiro atoms. The summed E-state index contributed by atoms with van der Waals surface area (Å²) in [6.07, 6.45) is 1.84. The highest BCUT2D eigenvalue weighted by Gasteiger charge is 2.50. The topological polar surface area (TPSA) is 84.0 Å². The van der Waals surface area contributed by atoms with Gasteiger partial charge in [0.25, 0.3) is 11.8 Å². The lowest BCUT2D eigenvalue weighted by atomic mass is 10.1. The number of nitrogens with zero attached hydrogens (tertiary/aromatic N) is 2. The molecule has 2 saturated heterocycles. The minimum atomic E-state index is -0.877. The van der Waals surface area contributed by atoms with Gasteiger partial charge >= 0.3 is 5.97 Å². The van der Waals surface area contributed by atoms with Gasteiger partial charge in [-0.1, -0.05) is 12.1 Å². The molecule has 0 aliphatic carbocycles. The zero-order chi connectivity index (χ0) is 19.1. The fraction of sp³-hybridized carbons (Fsp3) is 0.474. The molecule has 1 aromatic rings. The molecular formula is C19H20N2O5S. The van der Waals surface area contributed by atoms with Gasteiger partial charge in [-0.3, -0.25) is 19.3 Å². The highest BCUT2D eigenvalue weighted by Crippen LogP contribution is 2.38. The minimum Gasteiger partial charge on any atom is -0.464 e. The van der Waals surface area contributed by atoms with E-state index in [2.05, 4.69) is 0 Å². The first-order chi connectivity index (χ1) is 13.0. The van der Waals surface area contributed by atoms with E-state index in [1.165, 1.54) is 0 Å². The van der Waals surface area contributed by atoms with Crippen molar-refractivity contribution in [2.75, 3.05) is 12.4 Å². The summed E-state index contributed by atoms with van der Waals surface area (Å²) in [7, 11) is 0. The molecule has 7 nitrogen and oxygen atoms in total. The SMILES string of the molecule is CCOC(=O)[C@H]1CS[C@H]2CCC[C@@H](N3C(=O)c4ccccc4C3=O)C(=O)N21. The molecule has 3 amide bonds. The van der Waals surface area contributed by atoms with Crippen molar-refractivity contribution in [2.45, 2.75) is 43.6 Å². The summed E-state index contributed by atoms with van der Waals surface area (Å²) in [6.45, 7) is 1.97. The number of esters is 1. The Hall–Kier alpha value is -2.35. The first-order valence-corrected chi connectivity index (χ1v) is 10.2.